The third kappa shape index (κ3) is 4.54. The Morgan fingerprint density at radius 2 is 2.17 bits per heavy atom. The van der Waals surface area contributed by atoms with Crippen LogP contribution in [-0.2, 0) is 9.59 Å². The van der Waals surface area contributed by atoms with E-state index in [0.29, 0.717) is 5.56 Å². The van der Waals surface area contributed by atoms with Gasteiger partial charge in [-0.2, -0.15) is 11.3 Å². The molecule has 0 radical (unpaired) electrons. The molecule has 1 heterocycles. The highest BCUT2D eigenvalue weighted by molar-refractivity contribution is 7.08. The van der Waals surface area contributed by atoms with Crippen LogP contribution in [0.15, 0.2) is 16.8 Å². The van der Waals surface area contributed by atoms with E-state index in [1.807, 2.05) is 0 Å². The molecule has 1 atom stereocenters. The molecule has 6 nitrogen and oxygen atoms in total. The van der Waals surface area contributed by atoms with Gasteiger partial charge in [0.25, 0.3) is 5.91 Å². The quantitative estimate of drug-likeness (QED) is 0.699. The number of carboxylic acids is 1. The lowest BCUT2D eigenvalue weighted by Gasteiger charge is -2.09. The number of hydrogen-bond acceptors (Lipinski definition) is 4. The highest BCUT2D eigenvalue weighted by atomic mass is 32.1. The number of hydrogen-bond donors (Lipinski definition) is 3. The maximum absolute atomic E-state index is 11.5. The van der Waals surface area contributed by atoms with Crippen molar-refractivity contribution < 1.29 is 19.5 Å². The van der Waals surface area contributed by atoms with Crippen LogP contribution in [0.4, 0.5) is 0 Å². The maximum atomic E-state index is 11.5. The molecule has 2 amide bonds. The van der Waals surface area contributed by atoms with Crippen molar-refractivity contribution >= 4 is 29.1 Å². The summed E-state index contributed by atoms with van der Waals surface area (Å²) in [5, 5.41) is 17.0. The van der Waals surface area contributed by atoms with E-state index in [2.05, 4.69) is 10.6 Å². The number of nitrogens with one attached hydrogen (secondary N) is 2. The fraction of sp³-hybridized carbons (Fsp3) is 0.364. The summed E-state index contributed by atoms with van der Waals surface area (Å²) < 4.78 is 0. The lowest BCUT2D eigenvalue weighted by molar-refractivity contribution is -0.141. The average molecular weight is 270 g/mol. The lowest BCUT2D eigenvalue weighted by atomic mass is 10.3. The van der Waals surface area contributed by atoms with Crippen LogP contribution in [0, 0.1) is 0 Å². The molecule has 0 spiro atoms. The number of rotatable bonds is 6. The van der Waals surface area contributed by atoms with Crippen LogP contribution in [0.5, 0.6) is 0 Å². The molecule has 0 bridgehead atoms. The van der Waals surface area contributed by atoms with E-state index < -0.39 is 17.9 Å². The second kappa shape index (κ2) is 6.75. The van der Waals surface area contributed by atoms with E-state index >= 15 is 0 Å². The Morgan fingerprint density at radius 3 is 2.72 bits per heavy atom. The Kier molecular flexibility index (Phi) is 5.31. The van der Waals surface area contributed by atoms with Crippen LogP contribution in [0.2, 0.25) is 0 Å². The molecule has 0 aliphatic heterocycles. The molecule has 0 fully saturated rings. The minimum absolute atomic E-state index is 0.0491. The second-order valence-electron chi connectivity index (χ2n) is 3.65. The first kappa shape index (κ1) is 14.2. The van der Waals surface area contributed by atoms with Crippen molar-refractivity contribution in [3.05, 3.63) is 22.4 Å². The third-order valence-electron chi connectivity index (χ3n) is 2.17. The number of carbonyl (C=O) groups is 3. The molecule has 1 aromatic rings. The van der Waals surface area contributed by atoms with Gasteiger partial charge in [-0.25, -0.2) is 0 Å². The summed E-state index contributed by atoms with van der Waals surface area (Å²) >= 11 is 1.41. The third-order valence-corrected chi connectivity index (χ3v) is 2.85. The van der Waals surface area contributed by atoms with Crippen molar-refractivity contribution in [3.8, 4) is 0 Å². The van der Waals surface area contributed by atoms with Gasteiger partial charge in [-0.05, 0) is 18.4 Å². The fourth-order valence-corrected chi connectivity index (χ4v) is 1.80. The highest BCUT2D eigenvalue weighted by Gasteiger charge is 2.13. The predicted molar refractivity (Wildman–Crippen MR) is 66.5 cm³/mol. The van der Waals surface area contributed by atoms with Crippen LogP contribution in [0.3, 0.4) is 0 Å². The highest BCUT2D eigenvalue weighted by Crippen LogP contribution is 2.04. The van der Waals surface area contributed by atoms with Crippen molar-refractivity contribution in [2.75, 3.05) is 6.54 Å². The van der Waals surface area contributed by atoms with Crippen molar-refractivity contribution in [1.82, 2.24) is 10.6 Å². The fourth-order valence-electron chi connectivity index (χ4n) is 1.16. The number of amides is 2. The Morgan fingerprint density at radius 1 is 1.44 bits per heavy atom. The molecule has 0 saturated carbocycles. The number of carboxylic acid groups (broad SMARTS) is 1. The Hall–Kier alpha value is -1.89. The van der Waals surface area contributed by atoms with Gasteiger partial charge in [0, 0.05) is 23.9 Å². The molecule has 1 aromatic heterocycles. The van der Waals surface area contributed by atoms with Gasteiger partial charge >= 0.3 is 5.97 Å². The van der Waals surface area contributed by atoms with Crippen molar-refractivity contribution in [1.29, 1.82) is 0 Å². The summed E-state index contributed by atoms with van der Waals surface area (Å²) in [6, 6.07) is 0.761. The number of aliphatic carboxylic acids is 1. The molecule has 3 N–H and O–H groups in total. The molecular formula is C11H14N2O4S. The SMILES string of the molecule is C[C@@H](NC(=O)CCNC(=O)c1ccsc1)C(=O)O. The zero-order chi connectivity index (χ0) is 13.5. The van der Waals surface area contributed by atoms with Crippen molar-refractivity contribution in [3.63, 3.8) is 0 Å². The summed E-state index contributed by atoms with van der Waals surface area (Å²) in [7, 11) is 0. The lowest BCUT2D eigenvalue weighted by Crippen LogP contribution is -2.39. The molecule has 18 heavy (non-hydrogen) atoms. The molecule has 0 unspecified atom stereocenters. The number of thiophene rings is 1. The van der Waals surface area contributed by atoms with E-state index in [-0.39, 0.29) is 18.9 Å². The molecule has 7 heteroatoms. The van der Waals surface area contributed by atoms with Gasteiger partial charge < -0.3 is 15.7 Å². The van der Waals surface area contributed by atoms with Crippen LogP contribution in [0.25, 0.3) is 0 Å². The average Bonchev–Trinajstić information content (AvgIpc) is 2.81. The molecule has 0 aliphatic rings. The minimum Gasteiger partial charge on any atom is -0.480 e. The van der Waals surface area contributed by atoms with Gasteiger partial charge in [-0.1, -0.05) is 0 Å². The van der Waals surface area contributed by atoms with E-state index in [9.17, 15) is 14.4 Å². The number of carbonyl (C=O) groups excluding carboxylic acids is 2. The zero-order valence-electron chi connectivity index (χ0n) is 9.80. The molecular weight excluding hydrogens is 256 g/mol. The molecule has 1 rings (SSSR count). The van der Waals surface area contributed by atoms with Crippen LogP contribution < -0.4 is 10.6 Å². The summed E-state index contributed by atoms with van der Waals surface area (Å²) in [6.45, 7) is 1.55. The summed E-state index contributed by atoms with van der Waals surface area (Å²) in [5.74, 6) is -1.74. The second-order valence-corrected chi connectivity index (χ2v) is 4.43. The standard InChI is InChI=1S/C11H14N2O4S/c1-7(11(16)17)13-9(14)2-4-12-10(15)8-3-5-18-6-8/h3,5-7H,2,4H2,1H3,(H,12,15)(H,13,14)(H,16,17)/t7-/m1/s1. The van der Waals surface area contributed by atoms with E-state index in [1.165, 1.54) is 18.3 Å². The maximum Gasteiger partial charge on any atom is 0.325 e. The normalized spacial score (nSPS) is 11.6. The molecule has 0 saturated heterocycles. The topological polar surface area (TPSA) is 95.5 Å². The smallest absolute Gasteiger partial charge is 0.325 e. The van der Waals surface area contributed by atoms with Gasteiger partial charge in [0.1, 0.15) is 6.04 Å². The predicted octanol–water partition coefficient (Wildman–Crippen LogP) is 0.457. The van der Waals surface area contributed by atoms with Gasteiger partial charge in [0.15, 0.2) is 0 Å². The van der Waals surface area contributed by atoms with Gasteiger partial charge in [0.2, 0.25) is 5.91 Å². The van der Waals surface area contributed by atoms with E-state index in [0.717, 1.165) is 0 Å². The molecule has 98 valence electrons. The van der Waals surface area contributed by atoms with E-state index in [1.54, 1.807) is 16.8 Å². The zero-order valence-corrected chi connectivity index (χ0v) is 10.6. The summed E-state index contributed by atoms with van der Waals surface area (Å²) in [4.78, 5) is 33.3. The van der Waals surface area contributed by atoms with Crippen LogP contribution in [-0.4, -0.2) is 35.5 Å². The Balaban J connectivity index is 2.24. The summed E-state index contributed by atoms with van der Waals surface area (Å²) in [6.07, 6.45) is 0.0491. The van der Waals surface area contributed by atoms with Crippen LogP contribution >= 0.6 is 11.3 Å². The van der Waals surface area contributed by atoms with Crippen molar-refractivity contribution in [2.45, 2.75) is 19.4 Å². The van der Waals surface area contributed by atoms with Crippen LogP contribution in [0.1, 0.15) is 23.7 Å². The summed E-state index contributed by atoms with van der Waals surface area (Å²) in [5.41, 5.74) is 0.555. The largest absolute Gasteiger partial charge is 0.480 e. The van der Waals surface area contributed by atoms with Crippen molar-refractivity contribution in [2.24, 2.45) is 0 Å². The first-order chi connectivity index (χ1) is 8.50. The van der Waals surface area contributed by atoms with E-state index in [4.69, 9.17) is 5.11 Å². The minimum atomic E-state index is -1.09. The Bertz CT molecular complexity index is 430. The molecule has 0 aromatic carbocycles. The van der Waals surface area contributed by atoms with Gasteiger partial charge in [-0.15, -0.1) is 0 Å². The first-order valence-electron chi connectivity index (χ1n) is 5.33. The molecule has 0 aliphatic carbocycles. The first-order valence-corrected chi connectivity index (χ1v) is 6.27. The van der Waals surface area contributed by atoms with Gasteiger partial charge in [-0.3, -0.25) is 14.4 Å². The van der Waals surface area contributed by atoms with Gasteiger partial charge in [0.05, 0.1) is 0 Å². The Labute approximate surface area is 108 Å². The monoisotopic (exact) mass is 270 g/mol.